The van der Waals surface area contributed by atoms with Crippen molar-refractivity contribution in [3.63, 3.8) is 0 Å². The van der Waals surface area contributed by atoms with Gasteiger partial charge >= 0.3 is 19.8 Å². The van der Waals surface area contributed by atoms with Gasteiger partial charge in [-0.05, 0) is 70.6 Å². The third kappa shape index (κ3) is 30.0. The second kappa shape index (κ2) is 37.4. The van der Waals surface area contributed by atoms with E-state index in [1.54, 1.807) is 0 Å². The van der Waals surface area contributed by atoms with Crippen molar-refractivity contribution in [1.82, 2.24) is 0 Å². The number of phosphoric ester groups is 1. The minimum Gasteiger partial charge on any atom is -0.462 e. The number of ether oxygens (including phenoxy) is 2. The number of rotatable bonds is 39. The molecule has 0 saturated heterocycles. The maximum atomic E-state index is 12.8. The number of carbonyl (C=O) groups excluding carboxylic acids is 2. The molecule has 356 valence electrons. The number of esters is 2. The summed E-state index contributed by atoms with van der Waals surface area (Å²) in [5, 5.41) is 50.2. The zero-order valence-corrected chi connectivity index (χ0v) is 38.6. The Balaban J connectivity index is 2.46. The first-order chi connectivity index (χ1) is 29.4. The van der Waals surface area contributed by atoms with Crippen LogP contribution >= 0.6 is 7.82 Å². The van der Waals surface area contributed by atoms with Crippen LogP contribution in [0, 0.1) is 0 Å². The summed E-state index contributed by atoms with van der Waals surface area (Å²) in [6.45, 7) is 3.26. The molecule has 0 aromatic carbocycles. The van der Waals surface area contributed by atoms with Crippen molar-refractivity contribution < 1.29 is 63.1 Å². The predicted molar refractivity (Wildman–Crippen MR) is 240 cm³/mol. The summed E-state index contributed by atoms with van der Waals surface area (Å²) in [6.07, 6.45) is 29.0. The number of hydrogen-bond donors (Lipinski definition) is 6. The van der Waals surface area contributed by atoms with Gasteiger partial charge in [0, 0.05) is 12.8 Å². The first-order valence-electron chi connectivity index (χ1n) is 23.8. The second-order valence-corrected chi connectivity index (χ2v) is 18.0. The smallest absolute Gasteiger partial charge is 0.462 e. The van der Waals surface area contributed by atoms with Crippen molar-refractivity contribution in [3.05, 3.63) is 36.5 Å². The molecule has 14 heteroatoms. The van der Waals surface area contributed by atoms with Crippen LogP contribution in [0.5, 0.6) is 0 Å². The minimum absolute atomic E-state index is 0.0889. The molecule has 0 amide bonds. The van der Waals surface area contributed by atoms with E-state index in [-0.39, 0.29) is 12.8 Å². The van der Waals surface area contributed by atoms with Crippen molar-refractivity contribution >= 4 is 19.8 Å². The largest absolute Gasteiger partial charge is 0.472 e. The molecule has 13 nitrogen and oxygen atoms in total. The molecule has 0 bridgehead atoms. The molecule has 1 fully saturated rings. The summed E-state index contributed by atoms with van der Waals surface area (Å²) < 4.78 is 33.5. The fraction of sp³-hybridized carbons (Fsp3) is 0.830. The van der Waals surface area contributed by atoms with E-state index in [0.29, 0.717) is 12.8 Å². The molecule has 1 rings (SSSR count). The van der Waals surface area contributed by atoms with Crippen LogP contribution in [0.3, 0.4) is 0 Å². The number of carbonyl (C=O) groups is 2. The van der Waals surface area contributed by atoms with Gasteiger partial charge in [-0.3, -0.25) is 18.6 Å². The number of allylic oxidation sites excluding steroid dienone is 6. The Hall–Kier alpha value is -1.93. The molecule has 0 aromatic heterocycles. The standard InChI is InChI=1S/C47H85O13P/c1-3-5-7-9-11-13-15-17-19-20-22-24-26-28-30-32-34-36-41(49)59-39(38-58-61(55,56)60-47-45(53)43(51)42(50)44(52)46(47)54)37-57-40(48)35-33-31-29-27-25-23-21-18-16-14-12-10-8-6-4-2/h12,14,17-19,21,39,42-47,50-54H,3-11,13,15-16,20,22-38H2,1-2H3,(H,55,56)/t39-,42?,43-,44?,45?,46?,47?/m1/s1. The third-order valence-electron chi connectivity index (χ3n) is 11.0. The zero-order chi connectivity index (χ0) is 45.0. The van der Waals surface area contributed by atoms with Crippen LogP contribution in [0.2, 0.25) is 0 Å². The van der Waals surface area contributed by atoms with E-state index in [0.717, 1.165) is 77.0 Å². The SMILES string of the molecule is CCCCCC=CCC=CCCCCCCCC(=O)OC[C@H](COP(=O)(O)OC1C(O)C(O)C(O)[C@@H](O)C1O)OC(=O)CCCCCCCCCC=CCCCCCCCC. The fourth-order valence-corrected chi connectivity index (χ4v) is 8.05. The van der Waals surface area contributed by atoms with Crippen LogP contribution in [0.25, 0.3) is 0 Å². The molecular weight excluding hydrogens is 803 g/mol. The lowest BCUT2D eigenvalue weighted by Crippen LogP contribution is -2.64. The molecule has 8 atom stereocenters. The Kier molecular flexibility index (Phi) is 35.0. The number of hydrogen-bond acceptors (Lipinski definition) is 12. The van der Waals surface area contributed by atoms with E-state index in [4.69, 9.17) is 18.5 Å². The van der Waals surface area contributed by atoms with Crippen molar-refractivity contribution in [3.8, 4) is 0 Å². The van der Waals surface area contributed by atoms with E-state index in [9.17, 15) is 44.6 Å². The molecule has 6 N–H and O–H groups in total. The minimum atomic E-state index is -5.12. The lowest BCUT2D eigenvalue weighted by Gasteiger charge is -2.41. The molecule has 0 heterocycles. The van der Waals surface area contributed by atoms with Gasteiger partial charge in [0.2, 0.25) is 0 Å². The molecule has 1 saturated carbocycles. The molecule has 1 aliphatic carbocycles. The van der Waals surface area contributed by atoms with E-state index in [2.05, 4.69) is 50.3 Å². The molecule has 0 radical (unpaired) electrons. The number of unbranched alkanes of at least 4 members (excludes halogenated alkanes) is 21. The maximum Gasteiger partial charge on any atom is 0.472 e. The summed E-state index contributed by atoms with van der Waals surface area (Å²) in [5.41, 5.74) is 0. The van der Waals surface area contributed by atoms with E-state index < -0.39 is 75.7 Å². The third-order valence-corrected chi connectivity index (χ3v) is 11.9. The molecule has 1 aliphatic rings. The Morgan fingerprint density at radius 3 is 1.38 bits per heavy atom. The monoisotopic (exact) mass is 889 g/mol. The van der Waals surface area contributed by atoms with Crippen molar-refractivity contribution in [2.75, 3.05) is 13.2 Å². The summed E-state index contributed by atoms with van der Waals surface area (Å²) in [4.78, 5) is 35.7. The fourth-order valence-electron chi connectivity index (χ4n) is 7.08. The zero-order valence-electron chi connectivity index (χ0n) is 37.7. The van der Waals surface area contributed by atoms with Crippen LogP contribution in [0.4, 0.5) is 0 Å². The maximum absolute atomic E-state index is 12.8. The summed E-state index contributed by atoms with van der Waals surface area (Å²) in [5.74, 6) is -1.12. The van der Waals surface area contributed by atoms with Gasteiger partial charge in [-0.2, -0.15) is 0 Å². The number of aliphatic hydroxyl groups excluding tert-OH is 5. The van der Waals surface area contributed by atoms with E-state index in [1.165, 1.54) is 77.0 Å². The molecule has 0 aromatic rings. The van der Waals surface area contributed by atoms with Gasteiger partial charge in [0.25, 0.3) is 0 Å². The molecule has 0 spiro atoms. The summed E-state index contributed by atoms with van der Waals surface area (Å²) >= 11 is 0. The normalized spacial score (nSPS) is 22.3. The van der Waals surface area contributed by atoms with Gasteiger partial charge < -0.3 is 39.9 Å². The van der Waals surface area contributed by atoms with Crippen molar-refractivity contribution in [1.29, 1.82) is 0 Å². The Morgan fingerprint density at radius 2 is 0.885 bits per heavy atom. The van der Waals surface area contributed by atoms with Gasteiger partial charge in [0.15, 0.2) is 6.10 Å². The molecule has 61 heavy (non-hydrogen) atoms. The highest BCUT2D eigenvalue weighted by Gasteiger charge is 2.51. The predicted octanol–water partition coefficient (Wildman–Crippen LogP) is 9.39. The highest BCUT2D eigenvalue weighted by atomic mass is 31.2. The van der Waals surface area contributed by atoms with Crippen molar-refractivity contribution in [2.45, 2.75) is 236 Å². The lowest BCUT2D eigenvalue weighted by atomic mass is 9.85. The first kappa shape index (κ1) is 57.1. The van der Waals surface area contributed by atoms with Crippen LogP contribution in [-0.4, -0.2) is 98.3 Å². The number of phosphoric acid groups is 1. The Morgan fingerprint density at radius 1 is 0.508 bits per heavy atom. The van der Waals surface area contributed by atoms with Gasteiger partial charge in [-0.15, -0.1) is 0 Å². The molecule has 6 unspecified atom stereocenters. The highest BCUT2D eigenvalue weighted by molar-refractivity contribution is 7.47. The summed E-state index contributed by atoms with van der Waals surface area (Å²) in [7, 11) is -5.12. The van der Waals surface area contributed by atoms with E-state index in [1.807, 2.05) is 0 Å². The van der Waals surface area contributed by atoms with Gasteiger partial charge in [-0.1, -0.05) is 147 Å². The number of aliphatic hydroxyl groups is 5. The average Bonchev–Trinajstić information content (AvgIpc) is 3.24. The van der Waals surface area contributed by atoms with Gasteiger partial charge in [0.1, 0.15) is 43.2 Å². The van der Waals surface area contributed by atoms with Crippen LogP contribution in [-0.2, 0) is 32.7 Å². The quantitative estimate of drug-likeness (QED) is 0.0147. The van der Waals surface area contributed by atoms with Crippen LogP contribution in [0.1, 0.15) is 194 Å². The summed E-state index contributed by atoms with van der Waals surface area (Å²) in [6, 6.07) is 0. The van der Waals surface area contributed by atoms with Crippen LogP contribution < -0.4 is 0 Å². The van der Waals surface area contributed by atoms with E-state index >= 15 is 0 Å². The topological polar surface area (TPSA) is 210 Å². The molecule has 0 aliphatic heterocycles. The van der Waals surface area contributed by atoms with Gasteiger partial charge in [-0.25, -0.2) is 4.57 Å². The average molecular weight is 889 g/mol. The highest BCUT2D eigenvalue weighted by Crippen LogP contribution is 2.47. The molecular formula is C47H85O13P. The van der Waals surface area contributed by atoms with Crippen molar-refractivity contribution in [2.24, 2.45) is 0 Å². The first-order valence-corrected chi connectivity index (χ1v) is 25.3. The second-order valence-electron chi connectivity index (χ2n) is 16.6. The Labute approximate surface area is 368 Å². The van der Waals surface area contributed by atoms with Gasteiger partial charge in [0.05, 0.1) is 6.61 Å². The lowest BCUT2D eigenvalue weighted by molar-refractivity contribution is -0.220. The Bertz CT molecular complexity index is 1210. The van der Waals surface area contributed by atoms with Crippen LogP contribution in [0.15, 0.2) is 36.5 Å².